The van der Waals surface area contributed by atoms with Gasteiger partial charge in [-0.1, -0.05) is 12.1 Å². The van der Waals surface area contributed by atoms with Crippen LogP contribution >= 0.6 is 0 Å². The lowest BCUT2D eigenvalue weighted by Gasteiger charge is -2.40. The maximum atomic E-state index is 12.8. The van der Waals surface area contributed by atoms with E-state index in [1.165, 1.54) is 0 Å². The molecule has 130 valence electrons. The van der Waals surface area contributed by atoms with Gasteiger partial charge in [0.2, 0.25) is 5.91 Å². The van der Waals surface area contributed by atoms with Gasteiger partial charge in [-0.2, -0.15) is 0 Å². The van der Waals surface area contributed by atoms with Crippen LogP contribution < -0.4 is 0 Å². The number of amides is 1. The molecule has 3 heterocycles. The van der Waals surface area contributed by atoms with Crippen molar-refractivity contribution in [2.75, 3.05) is 26.2 Å². The Hall–Kier alpha value is -2.15. The zero-order valence-electron chi connectivity index (χ0n) is 14.8. The lowest BCUT2D eigenvalue weighted by atomic mass is 10.1. The molecule has 1 aliphatic heterocycles. The van der Waals surface area contributed by atoms with Crippen molar-refractivity contribution in [1.29, 1.82) is 0 Å². The van der Waals surface area contributed by atoms with Crippen molar-refractivity contribution in [2.24, 2.45) is 7.05 Å². The molecule has 0 aromatic carbocycles. The highest BCUT2D eigenvalue weighted by atomic mass is 16.5. The number of rotatable bonds is 4. The minimum atomic E-state index is 0.124. The smallest absolute Gasteiger partial charge is 0.227 e. The Labute approximate surface area is 142 Å². The van der Waals surface area contributed by atoms with E-state index < -0.39 is 0 Å². The van der Waals surface area contributed by atoms with Crippen molar-refractivity contribution >= 4 is 5.91 Å². The van der Waals surface area contributed by atoms with Crippen LogP contribution in [0.4, 0.5) is 0 Å². The summed E-state index contributed by atoms with van der Waals surface area (Å²) in [6, 6.07) is 0.136. The molecule has 1 saturated heterocycles. The molecule has 1 amide bonds. The van der Waals surface area contributed by atoms with Gasteiger partial charge < -0.3 is 14.0 Å². The standard InChI is InChI=1S/C17H25N5O2/c1-5-21-8-9-22(11-15(21)17-18-6-7-20(17)4)16(23)10-14-12(2)19-24-13(14)3/h6-7,15H,5,8-11H2,1-4H3/t15-/m1/s1. The Morgan fingerprint density at radius 2 is 2.17 bits per heavy atom. The number of carbonyl (C=O) groups excluding carboxylic acids is 1. The minimum absolute atomic E-state index is 0.124. The van der Waals surface area contributed by atoms with E-state index in [1.54, 1.807) is 0 Å². The molecule has 0 radical (unpaired) electrons. The van der Waals surface area contributed by atoms with Gasteiger partial charge in [0, 0.05) is 44.6 Å². The molecule has 7 heteroatoms. The summed E-state index contributed by atoms with van der Waals surface area (Å²) in [5.41, 5.74) is 1.71. The molecular weight excluding hydrogens is 306 g/mol. The van der Waals surface area contributed by atoms with Crippen molar-refractivity contribution in [1.82, 2.24) is 24.5 Å². The Morgan fingerprint density at radius 3 is 2.75 bits per heavy atom. The highest BCUT2D eigenvalue weighted by Crippen LogP contribution is 2.24. The lowest BCUT2D eigenvalue weighted by Crippen LogP contribution is -2.51. The third-order valence-corrected chi connectivity index (χ3v) is 4.92. The third kappa shape index (κ3) is 3.08. The first-order chi connectivity index (χ1) is 11.5. The minimum Gasteiger partial charge on any atom is -0.361 e. The number of carbonyl (C=O) groups is 1. The van der Waals surface area contributed by atoms with E-state index >= 15 is 0 Å². The largest absolute Gasteiger partial charge is 0.361 e. The van der Waals surface area contributed by atoms with Gasteiger partial charge in [-0.3, -0.25) is 9.69 Å². The van der Waals surface area contributed by atoms with Crippen molar-refractivity contribution in [3.8, 4) is 0 Å². The molecule has 0 N–H and O–H groups in total. The van der Waals surface area contributed by atoms with Crippen LogP contribution in [0, 0.1) is 13.8 Å². The van der Waals surface area contributed by atoms with Crippen LogP contribution in [0.3, 0.4) is 0 Å². The number of likely N-dealkylation sites (N-methyl/N-ethyl adjacent to an activating group) is 1. The fourth-order valence-corrected chi connectivity index (χ4v) is 3.39. The number of imidazole rings is 1. The average molecular weight is 331 g/mol. The van der Waals surface area contributed by atoms with Gasteiger partial charge in [0.1, 0.15) is 11.6 Å². The number of aromatic nitrogens is 3. The summed E-state index contributed by atoms with van der Waals surface area (Å²) in [6.45, 7) is 9.11. The summed E-state index contributed by atoms with van der Waals surface area (Å²) in [4.78, 5) is 21.6. The summed E-state index contributed by atoms with van der Waals surface area (Å²) < 4.78 is 7.21. The van der Waals surface area contributed by atoms with Crippen molar-refractivity contribution in [3.63, 3.8) is 0 Å². The number of nitrogens with zero attached hydrogens (tertiary/aromatic N) is 5. The molecule has 0 aliphatic carbocycles. The monoisotopic (exact) mass is 331 g/mol. The maximum absolute atomic E-state index is 12.8. The molecule has 0 bridgehead atoms. The highest BCUT2D eigenvalue weighted by molar-refractivity contribution is 5.79. The zero-order chi connectivity index (χ0) is 17.3. The van der Waals surface area contributed by atoms with Gasteiger partial charge in [0.25, 0.3) is 0 Å². The van der Waals surface area contributed by atoms with Crippen LogP contribution in [0.25, 0.3) is 0 Å². The third-order valence-electron chi connectivity index (χ3n) is 4.92. The molecule has 0 spiro atoms. The molecule has 0 saturated carbocycles. The van der Waals surface area contributed by atoms with Gasteiger partial charge in [-0.15, -0.1) is 0 Å². The Bertz CT molecular complexity index is 701. The Balaban J connectivity index is 1.75. The quantitative estimate of drug-likeness (QED) is 0.849. The Morgan fingerprint density at radius 1 is 1.38 bits per heavy atom. The fourth-order valence-electron chi connectivity index (χ4n) is 3.39. The first-order valence-electron chi connectivity index (χ1n) is 8.42. The molecule has 24 heavy (non-hydrogen) atoms. The van der Waals surface area contributed by atoms with E-state index in [4.69, 9.17) is 4.52 Å². The molecule has 2 aromatic heterocycles. The molecule has 2 aromatic rings. The summed E-state index contributed by atoms with van der Waals surface area (Å²) in [5, 5.41) is 3.94. The topological polar surface area (TPSA) is 67.4 Å². The Kier molecular flexibility index (Phi) is 4.71. The van der Waals surface area contributed by atoms with Crippen molar-refractivity contribution in [3.05, 3.63) is 35.2 Å². The van der Waals surface area contributed by atoms with E-state index in [9.17, 15) is 4.79 Å². The fraction of sp³-hybridized carbons (Fsp3) is 0.588. The van der Waals surface area contributed by atoms with Crippen LogP contribution in [0.2, 0.25) is 0 Å². The van der Waals surface area contributed by atoms with Crippen LogP contribution in [-0.4, -0.2) is 56.6 Å². The van der Waals surface area contributed by atoms with E-state index in [0.29, 0.717) is 13.0 Å². The molecule has 1 atom stereocenters. The van der Waals surface area contributed by atoms with Gasteiger partial charge in [0.05, 0.1) is 18.2 Å². The SMILES string of the molecule is CCN1CCN(C(=O)Cc2c(C)noc2C)C[C@@H]1c1nccn1C. The predicted molar refractivity (Wildman–Crippen MR) is 89.5 cm³/mol. The van der Waals surface area contributed by atoms with Crippen molar-refractivity contribution in [2.45, 2.75) is 33.2 Å². The first-order valence-corrected chi connectivity index (χ1v) is 8.42. The molecule has 0 unspecified atom stereocenters. The van der Waals surface area contributed by atoms with Gasteiger partial charge in [-0.05, 0) is 20.4 Å². The normalized spacial score (nSPS) is 19.0. The number of hydrogen-bond acceptors (Lipinski definition) is 5. The second kappa shape index (κ2) is 6.76. The second-order valence-electron chi connectivity index (χ2n) is 6.36. The van der Waals surface area contributed by atoms with Crippen LogP contribution in [0.1, 0.15) is 35.8 Å². The van der Waals surface area contributed by atoms with Crippen LogP contribution in [0.5, 0.6) is 0 Å². The molecule has 7 nitrogen and oxygen atoms in total. The maximum Gasteiger partial charge on any atom is 0.227 e. The zero-order valence-corrected chi connectivity index (χ0v) is 14.8. The van der Waals surface area contributed by atoms with Crippen molar-refractivity contribution < 1.29 is 9.32 Å². The summed E-state index contributed by atoms with van der Waals surface area (Å²) in [6.07, 6.45) is 4.11. The van der Waals surface area contributed by atoms with Gasteiger partial charge in [0.15, 0.2) is 0 Å². The van der Waals surface area contributed by atoms with Crippen LogP contribution in [-0.2, 0) is 18.3 Å². The highest BCUT2D eigenvalue weighted by Gasteiger charge is 2.32. The molecule has 3 rings (SSSR count). The van der Waals surface area contributed by atoms with E-state index in [-0.39, 0.29) is 11.9 Å². The first kappa shape index (κ1) is 16.7. The average Bonchev–Trinajstić information content (AvgIpc) is 3.14. The van der Waals surface area contributed by atoms with Gasteiger partial charge in [-0.25, -0.2) is 4.98 Å². The van der Waals surface area contributed by atoms with E-state index in [1.807, 2.05) is 42.8 Å². The number of aryl methyl sites for hydroxylation is 3. The number of piperazine rings is 1. The summed E-state index contributed by atoms with van der Waals surface area (Å²) in [7, 11) is 2.00. The van der Waals surface area contributed by atoms with E-state index in [0.717, 1.165) is 42.5 Å². The molecule has 1 fully saturated rings. The molecule has 1 aliphatic rings. The van der Waals surface area contributed by atoms with E-state index in [2.05, 4.69) is 22.0 Å². The second-order valence-corrected chi connectivity index (χ2v) is 6.36. The summed E-state index contributed by atoms with van der Waals surface area (Å²) >= 11 is 0. The van der Waals surface area contributed by atoms with Crippen LogP contribution in [0.15, 0.2) is 16.9 Å². The van der Waals surface area contributed by atoms with Gasteiger partial charge >= 0.3 is 0 Å². The molecular formula is C17H25N5O2. The lowest BCUT2D eigenvalue weighted by molar-refractivity contribution is -0.133. The predicted octanol–water partition coefficient (Wildman–Crippen LogP) is 1.47. The summed E-state index contributed by atoms with van der Waals surface area (Å²) in [5.74, 6) is 1.86. The number of hydrogen-bond donors (Lipinski definition) is 0.